The van der Waals surface area contributed by atoms with Crippen molar-refractivity contribution in [2.24, 2.45) is 5.73 Å². The SMILES string of the molecule is Cc1ccc(CC(O)CN)c(C)c1C. The van der Waals surface area contributed by atoms with Crippen molar-refractivity contribution >= 4 is 0 Å². The molecule has 2 heteroatoms. The summed E-state index contributed by atoms with van der Waals surface area (Å²) >= 11 is 0. The molecule has 0 aliphatic heterocycles. The zero-order valence-electron chi connectivity index (χ0n) is 9.17. The molecule has 3 N–H and O–H groups in total. The summed E-state index contributed by atoms with van der Waals surface area (Å²) in [6.45, 7) is 6.64. The van der Waals surface area contributed by atoms with Gasteiger partial charge >= 0.3 is 0 Å². The highest BCUT2D eigenvalue weighted by molar-refractivity contribution is 5.39. The number of hydrogen-bond donors (Lipinski definition) is 2. The summed E-state index contributed by atoms with van der Waals surface area (Å²) in [6.07, 6.45) is 0.236. The fourth-order valence-electron chi connectivity index (χ4n) is 1.57. The van der Waals surface area contributed by atoms with Crippen LogP contribution in [-0.4, -0.2) is 17.8 Å². The van der Waals surface area contributed by atoms with Gasteiger partial charge in [-0.15, -0.1) is 0 Å². The van der Waals surface area contributed by atoms with Crippen molar-refractivity contribution in [1.29, 1.82) is 0 Å². The second-order valence-electron chi connectivity index (χ2n) is 3.89. The summed E-state index contributed by atoms with van der Waals surface area (Å²) in [5, 5.41) is 9.47. The van der Waals surface area contributed by atoms with Crippen LogP contribution < -0.4 is 5.73 Å². The molecule has 1 atom stereocenters. The van der Waals surface area contributed by atoms with Crippen LogP contribution in [0.1, 0.15) is 22.3 Å². The van der Waals surface area contributed by atoms with Gasteiger partial charge in [-0.3, -0.25) is 0 Å². The van der Waals surface area contributed by atoms with Crippen LogP contribution in [0.4, 0.5) is 0 Å². The average Bonchev–Trinajstić information content (AvgIpc) is 2.19. The molecule has 0 fully saturated rings. The van der Waals surface area contributed by atoms with Gasteiger partial charge in [0.25, 0.3) is 0 Å². The summed E-state index contributed by atoms with van der Waals surface area (Å²) in [5.74, 6) is 0. The van der Waals surface area contributed by atoms with Crippen molar-refractivity contribution in [3.63, 3.8) is 0 Å². The molecule has 1 unspecified atom stereocenters. The highest BCUT2D eigenvalue weighted by Crippen LogP contribution is 2.18. The van der Waals surface area contributed by atoms with E-state index in [1.165, 1.54) is 22.3 Å². The normalized spacial score (nSPS) is 12.9. The predicted octanol–water partition coefficient (Wildman–Crippen LogP) is 1.47. The number of hydrogen-bond acceptors (Lipinski definition) is 2. The molecule has 0 radical (unpaired) electrons. The van der Waals surface area contributed by atoms with E-state index in [0.717, 1.165) is 0 Å². The first-order valence-electron chi connectivity index (χ1n) is 5.00. The topological polar surface area (TPSA) is 46.2 Å². The van der Waals surface area contributed by atoms with Gasteiger partial charge in [0.15, 0.2) is 0 Å². The van der Waals surface area contributed by atoms with Crippen LogP contribution in [0, 0.1) is 20.8 Å². The predicted molar refractivity (Wildman–Crippen MR) is 59.4 cm³/mol. The minimum Gasteiger partial charge on any atom is -0.391 e. The van der Waals surface area contributed by atoms with E-state index in [2.05, 4.69) is 32.9 Å². The van der Waals surface area contributed by atoms with Crippen LogP contribution in [-0.2, 0) is 6.42 Å². The fourth-order valence-corrected chi connectivity index (χ4v) is 1.57. The van der Waals surface area contributed by atoms with E-state index in [0.29, 0.717) is 13.0 Å². The average molecular weight is 193 g/mol. The van der Waals surface area contributed by atoms with Crippen molar-refractivity contribution in [1.82, 2.24) is 0 Å². The number of benzene rings is 1. The van der Waals surface area contributed by atoms with Crippen molar-refractivity contribution in [3.8, 4) is 0 Å². The number of aryl methyl sites for hydroxylation is 1. The molecule has 78 valence electrons. The van der Waals surface area contributed by atoms with Crippen LogP contribution in [0.5, 0.6) is 0 Å². The molecule has 0 aromatic heterocycles. The third-order valence-corrected chi connectivity index (χ3v) is 2.90. The van der Waals surface area contributed by atoms with Gasteiger partial charge < -0.3 is 10.8 Å². The highest BCUT2D eigenvalue weighted by atomic mass is 16.3. The Hall–Kier alpha value is -0.860. The van der Waals surface area contributed by atoms with E-state index in [1.54, 1.807) is 0 Å². The standard InChI is InChI=1S/C12H19NO/c1-8-4-5-11(6-12(14)7-13)10(3)9(8)2/h4-5,12,14H,6-7,13H2,1-3H3. The Morgan fingerprint density at radius 2 is 1.86 bits per heavy atom. The molecule has 0 aliphatic carbocycles. The van der Waals surface area contributed by atoms with Crippen LogP contribution in [0.2, 0.25) is 0 Å². The van der Waals surface area contributed by atoms with Gasteiger partial charge in [-0.1, -0.05) is 12.1 Å². The summed E-state index contributed by atoms with van der Waals surface area (Å²) < 4.78 is 0. The molecule has 1 aromatic carbocycles. The summed E-state index contributed by atoms with van der Waals surface area (Å²) in [4.78, 5) is 0. The number of nitrogens with two attached hydrogens (primary N) is 1. The number of rotatable bonds is 3. The van der Waals surface area contributed by atoms with Crippen LogP contribution in [0.15, 0.2) is 12.1 Å². The van der Waals surface area contributed by atoms with Crippen molar-refractivity contribution in [3.05, 3.63) is 34.4 Å². The van der Waals surface area contributed by atoms with Crippen LogP contribution in [0.25, 0.3) is 0 Å². The zero-order chi connectivity index (χ0) is 10.7. The molecule has 0 bridgehead atoms. The van der Waals surface area contributed by atoms with Gasteiger partial charge in [-0.05, 0) is 49.4 Å². The van der Waals surface area contributed by atoms with Gasteiger partial charge in [0, 0.05) is 6.54 Å². The molecule has 0 heterocycles. The van der Waals surface area contributed by atoms with Gasteiger partial charge in [-0.25, -0.2) is 0 Å². The second-order valence-corrected chi connectivity index (χ2v) is 3.89. The fraction of sp³-hybridized carbons (Fsp3) is 0.500. The van der Waals surface area contributed by atoms with Crippen molar-refractivity contribution in [2.45, 2.75) is 33.3 Å². The Bertz CT molecular complexity index is 320. The number of aliphatic hydroxyl groups is 1. The van der Waals surface area contributed by atoms with Crippen LogP contribution >= 0.6 is 0 Å². The van der Waals surface area contributed by atoms with Gasteiger partial charge in [0.2, 0.25) is 0 Å². The summed E-state index contributed by atoms with van der Waals surface area (Å²) in [6, 6.07) is 4.18. The van der Waals surface area contributed by atoms with Crippen molar-refractivity contribution < 1.29 is 5.11 Å². The maximum absolute atomic E-state index is 9.47. The largest absolute Gasteiger partial charge is 0.391 e. The maximum atomic E-state index is 9.47. The quantitative estimate of drug-likeness (QED) is 0.763. The van der Waals surface area contributed by atoms with E-state index in [4.69, 9.17) is 5.73 Å². The Morgan fingerprint density at radius 3 is 2.43 bits per heavy atom. The lowest BCUT2D eigenvalue weighted by Crippen LogP contribution is -2.22. The third kappa shape index (κ3) is 2.34. The first-order chi connectivity index (χ1) is 6.56. The molecule has 0 aliphatic rings. The van der Waals surface area contributed by atoms with Gasteiger partial charge in [0.05, 0.1) is 6.10 Å². The molecule has 0 spiro atoms. The highest BCUT2D eigenvalue weighted by Gasteiger charge is 2.07. The molecular weight excluding hydrogens is 174 g/mol. The second kappa shape index (κ2) is 4.58. The van der Waals surface area contributed by atoms with Crippen LogP contribution in [0.3, 0.4) is 0 Å². The minimum absolute atomic E-state index is 0.326. The molecule has 0 saturated heterocycles. The minimum atomic E-state index is -0.421. The summed E-state index contributed by atoms with van der Waals surface area (Å²) in [7, 11) is 0. The van der Waals surface area contributed by atoms with Crippen molar-refractivity contribution in [2.75, 3.05) is 6.54 Å². The zero-order valence-corrected chi connectivity index (χ0v) is 9.17. The lowest BCUT2D eigenvalue weighted by Gasteiger charge is -2.13. The Kier molecular flexibility index (Phi) is 3.67. The van der Waals surface area contributed by atoms with E-state index in [-0.39, 0.29) is 0 Å². The molecule has 0 saturated carbocycles. The van der Waals surface area contributed by atoms with Gasteiger partial charge in [0.1, 0.15) is 0 Å². The van der Waals surface area contributed by atoms with Gasteiger partial charge in [-0.2, -0.15) is 0 Å². The monoisotopic (exact) mass is 193 g/mol. The summed E-state index contributed by atoms with van der Waals surface area (Å²) in [5.41, 5.74) is 10.5. The first kappa shape index (κ1) is 11.2. The molecule has 2 nitrogen and oxygen atoms in total. The Balaban J connectivity index is 2.94. The smallest absolute Gasteiger partial charge is 0.0702 e. The van der Waals surface area contributed by atoms with E-state index in [1.807, 2.05) is 0 Å². The van der Waals surface area contributed by atoms with E-state index >= 15 is 0 Å². The third-order valence-electron chi connectivity index (χ3n) is 2.90. The molecule has 1 aromatic rings. The molecule has 0 amide bonds. The molecular formula is C12H19NO. The van der Waals surface area contributed by atoms with E-state index < -0.39 is 6.10 Å². The lowest BCUT2D eigenvalue weighted by molar-refractivity contribution is 0.183. The Labute approximate surface area is 85.8 Å². The number of aliphatic hydroxyl groups excluding tert-OH is 1. The lowest BCUT2D eigenvalue weighted by atomic mass is 9.95. The molecule has 14 heavy (non-hydrogen) atoms. The first-order valence-corrected chi connectivity index (χ1v) is 5.00. The van der Waals surface area contributed by atoms with E-state index in [9.17, 15) is 5.11 Å². The maximum Gasteiger partial charge on any atom is 0.0702 e. The Morgan fingerprint density at radius 1 is 1.21 bits per heavy atom. The molecule has 1 rings (SSSR count).